The standard InChI is InChI=1S/C25H27ClN2O6/c1-3-24-9-6-14-33-23(32)18(24)17-21(30)28(12-13-29)20-22(31)27(11-5-10-25(17,20)34-24)19-15(2)7-4-8-16(19)26/h4-10,17-18,20,29H,3,11-14H2,1-2H3/t17-,18-,20?,24+,25-/m0/s1. The molecule has 2 saturated heterocycles. The number of benzene rings is 1. The van der Waals surface area contributed by atoms with Gasteiger partial charge in [0.2, 0.25) is 5.91 Å². The Morgan fingerprint density at radius 1 is 1.15 bits per heavy atom. The lowest BCUT2D eigenvalue weighted by Crippen LogP contribution is -2.56. The number of para-hydroxylation sites is 1. The number of nitrogens with zero attached hydrogens (tertiary/aromatic N) is 2. The minimum atomic E-state index is -1.38. The van der Waals surface area contributed by atoms with Gasteiger partial charge < -0.3 is 24.4 Å². The van der Waals surface area contributed by atoms with Crippen LogP contribution in [0.15, 0.2) is 42.5 Å². The van der Waals surface area contributed by atoms with Crippen molar-refractivity contribution in [2.45, 2.75) is 37.5 Å². The summed E-state index contributed by atoms with van der Waals surface area (Å²) in [5, 5.41) is 10.2. The lowest BCUT2D eigenvalue weighted by molar-refractivity contribution is -0.157. The zero-order chi connectivity index (χ0) is 24.3. The highest BCUT2D eigenvalue weighted by Crippen LogP contribution is 2.58. The fourth-order valence-corrected chi connectivity index (χ4v) is 6.43. The van der Waals surface area contributed by atoms with E-state index in [1.807, 2.05) is 26.0 Å². The molecule has 1 aromatic carbocycles. The number of anilines is 1. The van der Waals surface area contributed by atoms with Crippen LogP contribution in [0.5, 0.6) is 0 Å². The van der Waals surface area contributed by atoms with Crippen molar-refractivity contribution in [3.05, 3.63) is 53.1 Å². The largest absolute Gasteiger partial charge is 0.461 e. The molecule has 0 aromatic heterocycles. The van der Waals surface area contributed by atoms with Crippen molar-refractivity contribution in [3.63, 3.8) is 0 Å². The number of hydrogen-bond acceptors (Lipinski definition) is 6. The fourth-order valence-electron chi connectivity index (χ4n) is 6.11. The van der Waals surface area contributed by atoms with Crippen molar-refractivity contribution in [1.82, 2.24) is 4.90 Å². The number of cyclic esters (lactones) is 1. The quantitative estimate of drug-likeness (QED) is 0.516. The topological polar surface area (TPSA) is 96.4 Å². The first-order valence-electron chi connectivity index (χ1n) is 11.5. The average molecular weight is 487 g/mol. The van der Waals surface area contributed by atoms with Gasteiger partial charge in [0, 0.05) is 13.1 Å². The minimum Gasteiger partial charge on any atom is -0.461 e. The number of β-amino-alcohol motifs (C(OH)–C–C–N with tert-alkyl or cyclic N) is 1. The Morgan fingerprint density at radius 2 is 1.94 bits per heavy atom. The van der Waals surface area contributed by atoms with Gasteiger partial charge in [0.25, 0.3) is 5.91 Å². The van der Waals surface area contributed by atoms with Crippen molar-refractivity contribution < 1.29 is 29.0 Å². The second-order valence-corrected chi connectivity index (χ2v) is 9.57. The summed E-state index contributed by atoms with van der Waals surface area (Å²) in [5.74, 6) is -3.14. The number of rotatable bonds is 4. The van der Waals surface area contributed by atoms with Crippen LogP contribution in [0.25, 0.3) is 0 Å². The Labute approximate surface area is 202 Å². The number of aryl methyl sites for hydroxylation is 1. The van der Waals surface area contributed by atoms with Crippen molar-refractivity contribution >= 4 is 35.1 Å². The molecule has 2 fully saturated rings. The van der Waals surface area contributed by atoms with Crippen LogP contribution in [0.2, 0.25) is 5.02 Å². The van der Waals surface area contributed by atoms with Crippen LogP contribution in [0, 0.1) is 18.8 Å². The van der Waals surface area contributed by atoms with Crippen LogP contribution in [-0.2, 0) is 23.9 Å². The minimum absolute atomic E-state index is 0.0588. The van der Waals surface area contributed by atoms with Crippen molar-refractivity contribution in [1.29, 1.82) is 0 Å². The van der Waals surface area contributed by atoms with E-state index in [0.29, 0.717) is 17.1 Å². The number of ether oxygens (including phenoxy) is 2. The number of hydrogen-bond donors (Lipinski definition) is 1. The fraction of sp³-hybridized carbons (Fsp3) is 0.480. The molecule has 1 aromatic rings. The van der Waals surface area contributed by atoms with Gasteiger partial charge in [-0.3, -0.25) is 14.4 Å². The Kier molecular flexibility index (Phi) is 5.58. The molecule has 4 aliphatic rings. The number of esters is 1. The number of fused-ring (bicyclic) bond motifs is 2. The van der Waals surface area contributed by atoms with Crippen molar-refractivity contribution in [2.24, 2.45) is 11.8 Å². The van der Waals surface area contributed by atoms with Gasteiger partial charge in [-0.15, -0.1) is 0 Å². The molecular weight excluding hydrogens is 460 g/mol. The molecule has 0 radical (unpaired) electrons. The Bertz CT molecular complexity index is 1100. The van der Waals surface area contributed by atoms with Crippen LogP contribution >= 0.6 is 11.6 Å². The van der Waals surface area contributed by atoms with Gasteiger partial charge in [-0.2, -0.15) is 0 Å². The van der Waals surface area contributed by atoms with E-state index >= 15 is 0 Å². The predicted octanol–water partition coefficient (Wildman–Crippen LogP) is 2.02. The Balaban J connectivity index is 1.69. The Morgan fingerprint density at radius 3 is 2.65 bits per heavy atom. The molecule has 4 aliphatic heterocycles. The lowest BCUT2D eigenvalue weighted by Gasteiger charge is -2.38. The zero-order valence-electron chi connectivity index (χ0n) is 19.1. The molecule has 9 heteroatoms. The van der Waals surface area contributed by atoms with Crippen LogP contribution < -0.4 is 4.90 Å². The molecule has 1 N–H and O–H groups in total. The van der Waals surface area contributed by atoms with Gasteiger partial charge in [-0.05, 0) is 31.1 Å². The number of carbonyl (C=O) groups is 3. The second-order valence-electron chi connectivity index (χ2n) is 9.17. The molecule has 2 amide bonds. The van der Waals surface area contributed by atoms with E-state index in [1.165, 1.54) is 4.90 Å². The highest BCUT2D eigenvalue weighted by molar-refractivity contribution is 6.34. The Hall–Kier alpha value is -2.68. The van der Waals surface area contributed by atoms with Gasteiger partial charge in [-0.1, -0.05) is 48.9 Å². The molecule has 0 bridgehead atoms. The summed E-state index contributed by atoms with van der Waals surface area (Å²) in [7, 11) is 0. The van der Waals surface area contributed by atoms with E-state index < -0.39 is 41.0 Å². The van der Waals surface area contributed by atoms with Gasteiger partial charge in [-0.25, -0.2) is 0 Å². The maximum absolute atomic E-state index is 14.2. The van der Waals surface area contributed by atoms with Crippen LogP contribution in [0.4, 0.5) is 5.69 Å². The summed E-state index contributed by atoms with van der Waals surface area (Å²) in [6, 6.07) is 4.32. The number of aliphatic hydroxyl groups is 1. The van der Waals surface area contributed by atoms with E-state index in [1.54, 1.807) is 35.3 Å². The zero-order valence-corrected chi connectivity index (χ0v) is 19.8. The smallest absolute Gasteiger partial charge is 0.313 e. The van der Waals surface area contributed by atoms with E-state index in [0.717, 1.165) is 5.56 Å². The molecule has 4 heterocycles. The maximum atomic E-state index is 14.2. The molecule has 5 atom stereocenters. The molecule has 34 heavy (non-hydrogen) atoms. The third-order valence-electron chi connectivity index (χ3n) is 7.49. The van der Waals surface area contributed by atoms with Gasteiger partial charge >= 0.3 is 5.97 Å². The van der Waals surface area contributed by atoms with Crippen molar-refractivity contribution in [2.75, 3.05) is 31.2 Å². The molecule has 1 spiro atoms. The lowest BCUT2D eigenvalue weighted by atomic mass is 9.73. The normalized spacial score (nSPS) is 34.5. The van der Waals surface area contributed by atoms with Gasteiger partial charge in [0.1, 0.15) is 29.8 Å². The van der Waals surface area contributed by atoms with Crippen LogP contribution in [0.1, 0.15) is 18.9 Å². The SMILES string of the molecule is CC[C@@]12C=CCOC(=O)[C@@H]1[C@H]1C(=O)N(CCO)C3C(=O)N(c4c(C)cccc4Cl)CC=C[C@@]31O2. The van der Waals surface area contributed by atoms with E-state index in [2.05, 4.69) is 0 Å². The van der Waals surface area contributed by atoms with E-state index in [-0.39, 0.29) is 32.2 Å². The third-order valence-corrected chi connectivity index (χ3v) is 7.80. The molecule has 8 nitrogen and oxygen atoms in total. The first kappa shape index (κ1) is 23.1. The highest BCUT2D eigenvalue weighted by Gasteiger charge is 2.75. The van der Waals surface area contributed by atoms with Crippen molar-refractivity contribution in [3.8, 4) is 0 Å². The molecule has 5 rings (SSSR count). The first-order chi connectivity index (χ1) is 16.3. The summed E-state index contributed by atoms with van der Waals surface area (Å²) in [6.45, 7) is 3.69. The first-order valence-corrected chi connectivity index (χ1v) is 11.9. The number of carbonyl (C=O) groups excluding carboxylic acids is 3. The number of aliphatic hydroxyl groups excluding tert-OH is 1. The summed E-state index contributed by atoms with van der Waals surface area (Å²) >= 11 is 6.50. The maximum Gasteiger partial charge on any atom is 0.313 e. The highest BCUT2D eigenvalue weighted by atomic mass is 35.5. The molecular formula is C25H27ClN2O6. The molecule has 180 valence electrons. The number of likely N-dealkylation sites (tertiary alicyclic amines) is 1. The summed E-state index contributed by atoms with van der Waals surface area (Å²) < 4.78 is 12.1. The van der Waals surface area contributed by atoms with Gasteiger partial charge in [0.15, 0.2) is 0 Å². The number of halogens is 1. The molecule has 1 unspecified atom stereocenters. The van der Waals surface area contributed by atoms with Crippen LogP contribution in [0.3, 0.4) is 0 Å². The van der Waals surface area contributed by atoms with E-state index in [9.17, 15) is 19.5 Å². The molecule has 0 saturated carbocycles. The third kappa shape index (κ3) is 3.01. The van der Waals surface area contributed by atoms with Crippen LogP contribution in [-0.4, -0.2) is 71.3 Å². The predicted molar refractivity (Wildman–Crippen MR) is 124 cm³/mol. The summed E-state index contributed by atoms with van der Waals surface area (Å²) in [4.78, 5) is 44.0. The summed E-state index contributed by atoms with van der Waals surface area (Å²) in [5.41, 5.74) is -1.08. The summed E-state index contributed by atoms with van der Waals surface area (Å²) in [6.07, 6.45) is 7.51. The monoisotopic (exact) mass is 486 g/mol. The second kappa shape index (κ2) is 8.22. The molecule has 0 aliphatic carbocycles. The van der Waals surface area contributed by atoms with E-state index in [4.69, 9.17) is 21.1 Å². The average Bonchev–Trinajstić information content (AvgIpc) is 3.07. The number of amides is 2. The van der Waals surface area contributed by atoms with Gasteiger partial charge in [0.05, 0.1) is 23.2 Å².